The van der Waals surface area contributed by atoms with E-state index in [2.05, 4.69) is 0 Å². The molecule has 2 aromatic rings. The number of carbonyl (C=O) groups excluding carboxylic acids is 1. The third-order valence-corrected chi connectivity index (χ3v) is 4.66. The monoisotopic (exact) mass is 381 g/mol. The zero-order chi connectivity index (χ0) is 19.4. The highest BCUT2D eigenvalue weighted by molar-refractivity contribution is 5.79. The van der Waals surface area contributed by atoms with Crippen LogP contribution in [0.5, 0.6) is 0 Å². The van der Waals surface area contributed by atoms with E-state index in [0.29, 0.717) is 43.6 Å². The van der Waals surface area contributed by atoms with Crippen molar-refractivity contribution in [1.29, 1.82) is 0 Å². The molecule has 1 fully saturated rings. The fraction of sp³-hybridized carbons (Fsp3) is 0.350. The maximum absolute atomic E-state index is 13.7. The minimum Gasteiger partial charge on any atom is -0.373 e. The van der Waals surface area contributed by atoms with Gasteiger partial charge >= 0.3 is 0 Å². The maximum Gasteiger partial charge on any atom is 0.227 e. The highest BCUT2D eigenvalue weighted by Crippen LogP contribution is 2.19. The summed E-state index contributed by atoms with van der Waals surface area (Å²) in [5.41, 5.74) is 0.307. The fourth-order valence-corrected chi connectivity index (χ4v) is 3.07. The Labute approximate surface area is 154 Å². The molecule has 0 bridgehead atoms. The largest absolute Gasteiger partial charge is 0.373 e. The molecule has 1 aliphatic rings. The van der Waals surface area contributed by atoms with Crippen LogP contribution < -0.4 is 0 Å². The molecule has 1 heterocycles. The first kappa shape index (κ1) is 19.4. The quantitative estimate of drug-likeness (QED) is 0.579. The zero-order valence-electron chi connectivity index (χ0n) is 14.6. The smallest absolute Gasteiger partial charge is 0.227 e. The van der Waals surface area contributed by atoms with Crippen LogP contribution in [0.15, 0.2) is 36.4 Å². The van der Waals surface area contributed by atoms with Crippen LogP contribution in [0.2, 0.25) is 0 Å². The van der Waals surface area contributed by atoms with Gasteiger partial charge in [-0.15, -0.1) is 0 Å². The Kier molecular flexibility index (Phi) is 6.11. The number of ether oxygens (including phenoxy) is 1. The van der Waals surface area contributed by atoms with Gasteiger partial charge in [-0.05, 0) is 25.0 Å². The Morgan fingerprint density at radius 1 is 0.926 bits per heavy atom. The van der Waals surface area contributed by atoms with Gasteiger partial charge in [0.15, 0.2) is 11.6 Å². The molecule has 1 amide bonds. The molecule has 3 rings (SSSR count). The van der Waals surface area contributed by atoms with Gasteiger partial charge in [0.2, 0.25) is 5.91 Å². The maximum atomic E-state index is 13.7. The molecule has 1 aliphatic heterocycles. The third-order valence-electron chi connectivity index (χ3n) is 4.66. The van der Waals surface area contributed by atoms with Crippen molar-refractivity contribution in [1.82, 2.24) is 4.90 Å². The zero-order valence-corrected chi connectivity index (χ0v) is 14.6. The Morgan fingerprint density at radius 2 is 1.59 bits per heavy atom. The molecule has 0 atom stereocenters. The normalized spacial score (nSPS) is 15.2. The first-order valence-electron chi connectivity index (χ1n) is 8.70. The molecule has 0 spiro atoms. The summed E-state index contributed by atoms with van der Waals surface area (Å²) in [5.74, 6) is -4.08. The van der Waals surface area contributed by atoms with E-state index in [1.165, 1.54) is 6.07 Å². The number of amides is 1. The molecule has 0 aromatic heterocycles. The summed E-state index contributed by atoms with van der Waals surface area (Å²) in [6.07, 6.45) is 0.707. The van der Waals surface area contributed by atoms with Crippen LogP contribution in [0.3, 0.4) is 0 Å². The lowest BCUT2D eigenvalue weighted by atomic mass is 10.1. The van der Waals surface area contributed by atoms with Crippen molar-refractivity contribution in [2.75, 3.05) is 13.1 Å². The van der Waals surface area contributed by atoms with Crippen LogP contribution in [0, 0.1) is 23.3 Å². The molecule has 0 aliphatic carbocycles. The molecule has 0 radical (unpaired) electrons. The van der Waals surface area contributed by atoms with Gasteiger partial charge in [0.25, 0.3) is 0 Å². The van der Waals surface area contributed by atoms with Crippen molar-refractivity contribution in [3.63, 3.8) is 0 Å². The minimum atomic E-state index is -1.28. The molecule has 2 aromatic carbocycles. The van der Waals surface area contributed by atoms with Crippen LogP contribution in [0.4, 0.5) is 17.6 Å². The second-order valence-electron chi connectivity index (χ2n) is 6.52. The van der Waals surface area contributed by atoms with Gasteiger partial charge in [-0.2, -0.15) is 0 Å². The number of hydrogen-bond acceptors (Lipinski definition) is 2. The van der Waals surface area contributed by atoms with Gasteiger partial charge < -0.3 is 9.64 Å². The summed E-state index contributed by atoms with van der Waals surface area (Å²) in [6, 6.07) is 7.54. The van der Waals surface area contributed by atoms with Crippen molar-refractivity contribution in [2.45, 2.75) is 32.0 Å². The number of carbonyl (C=O) groups is 1. The molecular formula is C20H19F4NO2. The Bertz CT molecular complexity index is 820. The average molecular weight is 381 g/mol. The SMILES string of the molecule is O=C(Cc1cc(F)c(F)cc1F)N1CCC(OCc2ccccc2F)CC1. The predicted molar refractivity (Wildman–Crippen MR) is 90.8 cm³/mol. The Morgan fingerprint density at radius 3 is 2.30 bits per heavy atom. The molecule has 0 unspecified atom stereocenters. The van der Waals surface area contributed by atoms with E-state index < -0.39 is 17.5 Å². The standard InChI is InChI=1S/C20H19F4NO2/c21-16-4-2-1-3-13(16)12-27-15-5-7-25(8-6-15)20(26)10-14-9-18(23)19(24)11-17(14)22/h1-4,9,11,15H,5-8,10,12H2. The summed E-state index contributed by atoms with van der Waals surface area (Å²) >= 11 is 0. The predicted octanol–water partition coefficient (Wildman–Crippen LogP) is 3.99. The van der Waals surface area contributed by atoms with Crippen molar-refractivity contribution in [3.05, 3.63) is 70.8 Å². The van der Waals surface area contributed by atoms with Gasteiger partial charge in [0.05, 0.1) is 19.1 Å². The van der Waals surface area contributed by atoms with Crippen LogP contribution in [0.25, 0.3) is 0 Å². The first-order chi connectivity index (χ1) is 12.9. The van der Waals surface area contributed by atoms with E-state index in [1.807, 2.05) is 0 Å². The Balaban J connectivity index is 1.49. The molecule has 144 valence electrons. The summed E-state index contributed by atoms with van der Waals surface area (Å²) in [4.78, 5) is 13.8. The molecule has 7 heteroatoms. The number of piperidine rings is 1. The molecule has 1 saturated heterocycles. The number of benzene rings is 2. The van der Waals surface area contributed by atoms with E-state index >= 15 is 0 Å². The van der Waals surface area contributed by atoms with Crippen molar-refractivity contribution in [2.24, 2.45) is 0 Å². The van der Waals surface area contributed by atoms with Gasteiger partial charge in [-0.3, -0.25) is 4.79 Å². The molecule has 3 nitrogen and oxygen atoms in total. The average Bonchev–Trinajstić information content (AvgIpc) is 2.66. The minimum absolute atomic E-state index is 0.103. The van der Waals surface area contributed by atoms with Crippen LogP contribution >= 0.6 is 0 Å². The van der Waals surface area contributed by atoms with Gasteiger partial charge in [-0.1, -0.05) is 18.2 Å². The van der Waals surface area contributed by atoms with Crippen molar-refractivity contribution in [3.8, 4) is 0 Å². The highest BCUT2D eigenvalue weighted by Gasteiger charge is 2.24. The summed E-state index contributed by atoms with van der Waals surface area (Å²) in [5, 5.41) is 0. The third kappa shape index (κ3) is 4.86. The molecule has 0 saturated carbocycles. The van der Waals surface area contributed by atoms with Gasteiger partial charge in [0.1, 0.15) is 11.6 Å². The summed E-state index contributed by atoms with van der Waals surface area (Å²) in [7, 11) is 0. The molecule has 27 heavy (non-hydrogen) atoms. The number of halogens is 4. The van der Waals surface area contributed by atoms with Crippen LogP contribution in [-0.2, 0) is 22.6 Å². The van der Waals surface area contributed by atoms with Gasteiger partial charge in [-0.25, -0.2) is 17.6 Å². The number of rotatable bonds is 5. The lowest BCUT2D eigenvalue weighted by Crippen LogP contribution is -2.41. The van der Waals surface area contributed by atoms with Gasteiger partial charge in [0, 0.05) is 30.3 Å². The van der Waals surface area contributed by atoms with Crippen molar-refractivity contribution >= 4 is 5.91 Å². The number of likely N-dealkylation sites (tertiary alicyclic amines) is 1. The lowest BCUT2D eigenvalue weighted by molar-refractivity contribution is -0.133. The first-order valence-corrected chi connectivity index (χ1v) is 8.70. The van der Waals surface area contributed by atoms with E-state index in [1.54, 1.807) is 23.1 Å². The second kappa shape index (κ2) is 8.52. The summed E-state index contributed by atoms with van der Waals surface area (Å²) < 4.78 is 59.2. The van der Waals surface area contributed by atoms with E-state index in [9.17, 15) is 22.4 Å². The van der Waals surface area contributed by atoms with E-state index in [0.717, 1.165) is 0 Å². The van der Waals surface area contributed by atoms with Crippen LogP contribution in [0.1, 0.15) is 24.0 Å². The van der Waals surface area contributed by atoms with Crippen LogP contribution in [-0.4, -0.2) is 30.0 Å². The lowest BCUT2D eigenvalue weighted by Gasteiger charge is -2.32. The molecular weight excluding hydrogens is 362 g/mol. The fourth-order valence-electron chi connectivity index (χ4n) is 3.07. The van der Waals surface area contributed by atoms with Crippen molar-refractivity contribution < 1.29 is 27.1 Å². The number of hydrogen-bond donors (Lipinski definition) is 0. The second-order valence-corrected chi connectivity index (χ2v) is 6.52. The topological polar surface area (TPSA) is 29.5 Å². The highest BCUT2D eigenvalue weighted by atomic mass is 19.2. The summed E-state index contributed by atoms with van der Waals surface area (Å²) in [6.45, 7) is 0.976. The van der Waals surface area contributed by atoms with E-state index in [-0.39, 0.29) is 36.4 Å². The number of nitrogens with zero attached hydrogens (tertiary/aromatic N) is 1. The Hall–Kier alpha value is -2.41. The molecule has 0 N–H and O–H groups in total. The van der Waals surface area contributed by atoms with E-state index in [4.69, 9.17) is 4.74 Å².